The third-order valence-electron chi connectivity index (χ3n) is 4.49. The van der Waals surface area contributed by atoms with Crippen LogP contribution >= 0.6 is 11.3 Å². The van der Waals surface area contributed by atoms with Crippen molar-refractivity contribution in [3.8, 4) is 0 Å². The molecule has 2 N–H and O–H groups in total. The Hall–Kier alpha value is -2.32. The lowest BCUT2D eigenvalue weighted by atomic mass is 9.98. The van der Waals surface area contributed by atoms with Crippen molar-refractivity contribution < 1.29 is 14.7 Å². The van der Waals surface area contributed by atoms with Crippen LogP contribution in [0.15, 0.2) is 24.3 Å². The molecule has 1 aliphatic heterocycles. The number of carboxylic acids is 1. The molecule has 1 unspecified atom stereocenters. The number of carbonyl (C=O) groups excluding carboxylic acids is 1. The number of rotatable bonds is 6. The molecule has 2 aromatic rings. The van der Waals surface area contributed by atoms with Crippen molar-refractivity contribution in [2.24, 2.45) is 5.92 Å². The summed E-state index contributed by atoms with van der Waals surface area (Å²) in [5.74, 6) is -1.35. The number of benzene rings is 1. The van der Waals surface area contributed by atoms with Crippen LogP contribution in [-0.2, 0) is 17.8 Å². The van der Waals surface area contributed by atoms with Gasteiger partial charge in [-0.1, -0.05) is 30.4 Å². The molecule has 1 aliphatic rings. The average molecular weight is 374 g/mol. The highest BCUT2D eigenvalue weighted by molar-refractivity contribution is 7.13. The van der Waals surface area contributed by atoms with Gasteiger partial charge in [0.2, 0.25) is 5.01 Å². The van der Waals surface area contributed by atoms with Gasteiger partial charge >= 0.3 is 5.97 Å². The first-order valence-electron chi connectivity index (χ1n) is 8.73. The molecule has 7 nitrogen and oxygen atoms in total. The number of piperidine rings is 1. The van der Waals surface area contributed by atoms with E-state index in [0.29, 0.717) is 24.5 Å². The zero-order valence-corrected chi connectivity index (χ0v) is 15.5. The van der Waals surface area contributed by atoms with Crippen LogP contribution in [0.3, 0.4) is 0 Å². The molecular weight excluding hydrogens is 352 g/mol. The van der Waals surface area contributed by atoms with E-state index in [0.717, 1.165) is 30.1 Å². The first-order valence-corrected chi connectivity index (χ1v) is 9.54. The van der Waals surface area contributed by atoms with E-state index in [1.54, 1.807) is 0 Å². The van der Waals surface area contributed by atoms with Gasteiger partial charge in [-0.25, -0.2) is 0 Å². The summed E-state index contributed by atoms with van der Waals surface area (Å²) in [5, 5.41) is 21.1. The molecule has 0 aliphatic carbocycles. The van der Waals surface area contributed by atoms with Crippen LogP contribution in [0.1, 0.15) is 40.1 Å². The van der Waals surface area contributed by atoms with Gasteiger partial charge in [0.25, 0.3) is 5.91 Å². The van der Waals surface area contributed by atoms with E-state index >= 15 is 0 Å². The summed E-state index contributed by atoms with van der Waals surface area (Å²) in [6.45, 7) is 3.96. The van der Waals surface area contributed by atoms with Crippen molar-refractivity contribution in [3.63, 3.8) is 0 Å². The first-order chi connectivity index (χ1) is 12.5. The lowest BCUT2D eigenvalue weighted by Crippen LogP contribution is -2.38. The lowest BCUT2D eigenvalue weighted by molar-refractivity contribution is -0.143. The fraction of sp³-hybridized carbons (Fsp3) is 0.444. The number of anilines is 1. The molecule has 1 aromatic carbocycles. The number of likely N-dealkylation sites (tertiary alicyclic amines) is 1. The van der Waals surface area contributed by atoms with Crippen LogP contribution in [0, 0.1) is 5.92 Å². The van der Waals surface area contributed by atoms with Crippen molar-refractivity contribution in [2.45, 2.75) is 32.7 Å². The van der Waals surface area contributed by atoms with Gasteiger partial charge in [0.05, 0.1) is 12.5 Å². The number of nitrogens with zero attached hydrogens (tertiary/aromatic N) is 3. The van der Waals surface area contributed by atoms with E-state index in [-0.39, 0.29) is 11.8 Å². The molecule has 26 heavy (non-hydrogen) atoms. The van der Waals surface area contributed by atoms with Crippen molar-refractivity contribution in [2.75, 3.05) is 18.4 Å². The lowest BCUT2D eigenvalue weighted by Gasteiger charge is -2.29. The van der Waals surface area contributed by atoms with Gasteiger partial charge in [0.1, 0.15) is 5.01 Å². The third kappa shape index (κ3) is 4.64. The monoisotopic (exact) mass is 374 g/mol. The maximum atomic E-state index is 12.3. The minimum absolute atomic E-state index is 0.278. The molecule has 0 bridgehead atoms. The maximum absolute atomic E-state index is 12.3. The van der Waals surface area contributed by atoms with E-state index < -0.39 is 5.97 Å². The Bertz CT molecular complexity index is 775. The number of aryl methyl sites for hydroxylation is 1. The SMILES string of the molecule is CCc1ccc(NC(=O)c2nnc(CN3CCCC(C(=O)O)C3)s2)cc1. The van der Waals surface area contributed by atoms with Gasteiger partial charge in [-0.15, -0.1) is 10.2 Å². The van der Waals surface area contributed by atoms with E-state index in [2.05, 4.69) is 27.3 Å². The molecule has 1 amide bonds. The smallest absolute Gasteiger partial charge is 0.307 e. The highest BCUT2D eigenvalue weighted by atomic mass is 32.1. The number of hydrogen-bond donors (Lipinski definition) is 2. The molecule has 1 fully saturated rings. The predicted molar refractivity (Wildman–Crippen MR) is 99.3 cm³/mol. The molecule has 0 radical (unpaired) electrons. The maximum Gasteiger partial charge on any atom is 0.307 e. The second kappa shape index (κ2) is 8.37. The summed E-state index contributed by atoms with van der Waals surface area (Å²) >= 11 is 1.25. The Morgan fingerprint density at radius 3 is 2.77 bits per heavy atom. The number of aliphatic carboxylic acids is 1. The van der Waals surface area contributed by atoms with Crippen LogP contribution in [0.5, 0.6) is 0 Å². The number of amides is 1. The van der Waals surface area contributed by atoms with E-state index in [1.807, 2.05) is 24.3 Å². The highest BCUT2D eigenvalue weighted by Gasteiger charge is 2.26. The minimum Gasteiger partial charge on any atom is -0.481 e. The molecule has 1 atom stereocenters. The van der Waals surface area contributed by atoms with Gasteiger partial charge in [-0.05, 0) is 43.5 Å². The van der Waals surface area contributed by atoms with E-state index in [4.69, 9.17) is 5.11 Å². The second-order valence-electron chi connectivity index (χ2n) is 6.42. The van der Waals surface area contributed by atoms with Crippen molar-refractivity contribution >= 4 is 28.9 Å². The Balaban J connectivity index is 1.58. The number of hydrogen-bond acceptors (Lipinski definition) is 6. The quantitative estimate of drug-likeness (QED) is 0.807. The Morgan fingerprint density at radius 1 is 1.31 bits per heavy atom. The van der Waals surface area contributed by atoms with Crippen molar-refractivity contribution in [1.29, 1.82) is 0 Å². The number of carboxylic acid groups (broad SMARTS) is 1. The van der Waals surface area contributed by atoms with Crippen molar-refractivity contribution in [3.05, 3.63) is 39.8 Å². The molecule has 2 heterocycles. The minimum atomic E-state index is -0.749. The second-order valence-corrected chi connectivity index (χ2v) is 7.48. The number of aromatic nitrogens is 2. The zero-order chi connectivity index (χ0) is 18.5. The number of carbonyl (C=O) groups is 2. The summed E-state index contributed by atoms with van der Waals surface area (Å²) in [5.41, 5.74) is 1.94. The molecular formula is C18H22N4O3S. The van der Waals surface area contributed by atoms with Crippen LogP contribution in [0.4, 0.5) is 5.69 Å². The zero-order valence-electron chi connectivity index (χ0n) is 14.6. The van der Waals surface area contributed by atoms with Gasteiger partial charge in [-0.2, -0.15) is 0 Å². The predicted octanol–water partition coefficient (Wildman–Crippen LogP) is 2.65. The fourth-order valence-corrected chi connectivity index (χ4v) is 3.79. The van der Waals surface area contributed by atoms with E-state index in [9.17, 15) is 9.59 Å². The van der Waals surface area contributed by atoms with Crippen LogP contribution < -0.4 is 5.32 Å². The molecule has 0 spiro atoms. The summed E-state index contributed by atoms with van der Waals surface area (Å²) in [4.78, 5) is 25.5. The topological polar surface area (TPSA) is 95.4 Å². The fourth-order valence-electron chi connectivity index (χ4n) is 3.01. The largest absolute Gasteiger partial charge is 0.481 e. The van der Waals surface area contributed by atoms with Crippen LogP contribution in [0.25, 0.3) is 0 Å². The molecule has 138 valence electrons. The first kappa shape index (κ1) is 18.5. The normalized spacial score (nSPS) is 17.8. The molecule has 1 saturated heterocycles. The summed E-state index contributed by atoms with van der Waals surface area (Å²) in [7, 11) is 0. The van der Waals surface area contributed by atoms with Crippen LogP contribution in [-0.4, -0.2) is 45.2 Å². The van der Waals surface area contributed by atoms with Crippen molar-refractivity contribution in [1.82, 2.24) is 15.1 Å². The highest BCUT2D eigenvalue weighted by Crippen LogP contribution is 2.21. The Morgan fingerprint density at radius 2 is 2.08 bits per heavy atom. The standard InChI is InChI=1S/C18H22N4O3S/c1-2-12-5-7-14(8-6-12)19-16(23)17-21-20-15(26-17)11-22-9-3-4-13(10-22)18(24)25/h5-8,13H,2-4,9-11H2,1H3,(H,19,23)(H,24,25). The summed E-state index contributed by atoms with van der Waals surface area (Å²) < 4.78 is 0. The average Bonchev–Trinajstić information content (AvgIpc) is 3.11. The van der Waals surface area contributed by atoms with Gasteiger partial charge in [0.15, 0.2) is 0 Å². The van der Waals surface area contributed by atoms with E-state index in [1.165, 1.54) is 16.9 Å². The summed E-state index contributed by atoms with van der Waals surface area (Å²) in [6, 6.07) is 7.71. The van der Waals surface area contributed by atoms with Gasteiger partial charge < -0.3 is 10.4 Å². The molecule has 8 heteroatoms. The molecule has 0 saturated carbocycles. The van der Waals surface area contributed by atoms with Gasteiger partial charge in [-0.3, -0.25) is 14.5 Å². The third-order valence-corrected chi connectivity index (χ3v) is 5.40. The Labute approximate surface area is 156 Å². The number of nitrogens with one attached hydrogen (secondary N) is 1. The van der Waals surface area contributed by atoms with Crippen LogP contribution in [0.2, 0.25) is 0 Å². The summed E-state index contributed by atoms with van der Waals surface area (Å²) in [6.07, 6.45) is 2.52. The molecule has 1 aromatic heterocycles. The van der Waals surface area contributed by atoms with Gasteiger partial charge in [0, 0.05) is 12.2 Å². The Kier molecular flexibility index (Phi) is 5.95. The molecule has 3 rings (SSSR count).